The number of aryl methyl sites for hydroxylation is 1. The molecule has 2 atom stereocenters. The van der Waals surface area contributed by atoms with Gasteiger partial charge in [0.2, 0.25) is 0 Å². The van der Waals surface area contributed by atoms with Crippen molar-refractivity contribution in [2.75, 3.05) is 7.05 Å². The van der Waals surface area contributed by atoms with E-state index in [0.717, 1.165) is 17.6 Å². The molecule has 2 N–H and O–H groups in total. The molecule has 0 spiro atoms. The zero-order valence-corrected chi connectivity index (χ0v) is 11.1. The molecule has 0 aliphatic rings. The lowest BCUT2D eigenvalue weighted by atomic mass is 9.90. The normalized spacial score (nSPS) is 14.3. The van der Waals surface area contributed by atoms with E-state index in [1.54, 1.807) is 0 Å². The molecule has 0 saturated carbocycles. The van der Waals surface area contributed by atoms with Crippen LogP contribution in [-0.2, 0) is 0 Å². The minimum Gasteiger partial charge on any atom is -0.358 e. The van der Waals surface area contributed by atoms with Gasteiger partial charge in [-0.1, -0.05) is 25.1 Å². The molecule has 2 rings (SSSR count). The number of benzene rings is 1. The lowest BCUT2D eigenvalue weighted by Crippen LogP contribution is -2.24. The van der Waals surface area contributed by atoms with E-state index >= 15 is 0 Å². The first kappa shape index (κ1) is 12.7. The molecule has 0 radical (unpaired) electrons. The Hall–Kier alpha value is -1.79. The third-order valence-electron chi connectivity index (χ3n) is 3.57. The van der Waals surface area contributed by atoms with E-state index in [0.29, 0.717) is 0 Å². The Morgan fingerprint density at radius 3 is 2.72 bits per heavy atom. The van der Waals surface area contributed by atoms with Gasteiger partial charge in [-0.05, 0) is 32.0 Å². The summed E-state index contributed by atoms with van der Waals surface area (Å²) >= 11 is 0. The van der Waals surface area contributed by atoms with Crippen LogP contribution in [0.3, 0.4) is 0 Å². The smallest absolute Gasteiger partial charge is 0.0675 e. The first-order valence-corrected chi connectivity index (χ1v) is 6.37. The van der Waals surface area contributed by atoms with Crippen molar-refractivity contribution in [2.24, 2.45) is 5.92 Å². The molecular weight excluding hydrogens is 222 g/mol. The number of nitriles is 1. The first-order valence-electron chi connectivity index (χ1n) is 6.37. The third kappa shape index (κ3) is 2.00. The maximum Gasteiger partial charge on any atom is 0.0675 e. The van der Waals surface area contributed by atoms with Gasteiger partial charge in [-0.15, -0.1) is 0 Å². The molecule has 2 unspecified atom stereocenters. The van der Waals surface area contributed by atoms with Crippen molar-refractivity contribution in [2.45, 2.75) is 26.3 Å². The van der Waals surface area contributed by atoms with E-state index in [1.165, 1.54) is 10.9 Å². The average Bonchev–Trinajstić information content (AvgIpc) is 2.72. The molecule has 0 aliphatic carbocycles. The molecule has 1 aromatic heterocycles. The van der Waals surface area contributed by atoms with Crippen LogP contribution in [0.1, 0.15) is 30.6 Å². The van der Waals surface area contributed by atoms with E-state index in [4.69, 9.17) is 0 Å². The lowest BCUT2D eigenvalue weighted by Gasteiger charge is -2.21. The van der Waals surface area contributed by atoms with E-state index in [9.17, 15) is 5.26 Å². The van der Waals surface area contributed by atoms with Gasteiger partial charge in [-0.2, -0.15) is 5.26 Å². The van der Waals surface area contributed by atoms with Crippen LogP contribution in [0.2, 0.25) is 0 Å². The summed E-state index contributed by atoms with van der Waals surface area (Å²) in [6.45, 7) is 4.13. The first-order chi connectivity index (χ1) is 8.72. The van der Waals surface area contributed by atoms with Crippen molar-refractivity contribution in [3.63, 3.8) is 0 Å². The number of aromatic nitrogens is 1. The molecule has 0 saturated heterocycles. The summed E-state index contributed by atoms with van der Waals surface area (Å²) in [6, 6.07) is 10.7. The quantitative estimate of drug-likeness (QED) is 0.863. The SMILES string of the molecule is CCC(C#N)C(NC)c1c(C)[nH]c2ccccc12. The lowest BCUT2D eigenvalue weighted by molar-refractivity contribution is 0.450. The van der Waals surface area contributed by atoms with Gasteiger partial charge < -0.3 is 10.3 Å². The fraction of sp³-hybridized carbons (Fsp3) is 0.400. The van der Waals surface area contributed by atoms with Gasteiger partial charge in [0.25, 0.3) is 0 Å². The highest BCUT2D eigenvalue weighted by molar-refractivity contribution is 5.85. The molecule has 3 nitrogen and oxygen atoms in total. The summed E-state index contributed by atoms with van der Waals surface area (Å²) in [5.41, 5.74) is 3.50. The molecule has 0 fully saturated rings. The minimum atomic E-state index is -0.00657. The van der Waals surface area contributed by atoms with E-state index in [1.807, 2.05) is 19.2 Å². The summed E-state index contributed by atoms with van der Waals surface area (Å²) in [7, 11) is 1.92. The van der Waals surface area contributed by atoms with Gasteiger partial charge >= 0.3 is 0 Å². The van der Waals surface area contributed by atoms with Gasteiger partial charge in [-0.25, -0.2) is 0 Å². The molecule has 1 heterocycles. The molecule has 1 aromatic carbocycles. The van der Waals surface area contributed by atoms with Gasteiger partial charge in [0.05, 0.1) is 18.0 Å². The van der Waals surface area contributed by atoms with Crippen LogP contribution in [0.4, 0.5) is 0 Å². The predicted molar refractivity (Wildman–Crippen MR) is 74.2 cm³/mol. The van der Waals surface area contributed by atoms with Crippen LogP contribution in [0.15, 0.2) is 24.3 Å². The van der Waals surface area contributed by atoms with E-state index < -0.39 is 0 Å². The van der Waals surface area contributed by atoms with Crippen LogP contribution >= 0.6 is 0 Å². The molecule has 3 heteroatoms. The van der Waals surface area contributed by atoms with Crippen LogP contribution in [0, 0.1) is 24.2 Å². The fourth-order valence-corrected chi connectivity index (χ4v) is 2.65. The fourth-order valence-electron chi connectivity index (χ4n) is 2.65. The Morgan fingerprint density at radius 1 is 1.39 bits per heavy atom. The minimum absolute atomic E-state index is 0.00657. The Kier molecular flexibility index (Phi) is 3.69. The molecular formula is C15H19N3. The molecule has 18 heavy (non-hydrogen) atoms. The Labute approximate surface area is 108 Å². The largest absolute Gasteiger partial charge is 0.358 e. The van der Waals surface area contributed by atoms with Crippen LogP contribution < -0.4 is 5.32 Å². The molecule has 0 bridgehead atoms. The monoisotopic (exact) mass is 241 g/mol. The summed E-state index contributed by atoms with van der Waals surface area (Å²) in [5, 5.41) is 13.8. The number of nitrogens with one attached hydrogen (secondary N) is 2. The van der Waals surface area contributed by atoms with Crippen molar-refractivity contribution >= 4 is 10.9 Å². The van der Waals surface area contributed by atoms with Gasteiger partial charge in [-0.3, -0.25) is 0 Å². The van der Waals surface area contributed by atoms with Crippen molar-refractivity contribution in [1.82, 2.24) is 10.3 Å². The second-order valence-corrected chi connectivity index (χ2v) is 4.62. The van der Waals surface area contributed by atoms with Gasteiger partial charge in [0.15, 0.2) is 0 Å². The standard InChI is InChI=1S/C15H19N3/c1-4-11(9-16)15(17-3)14-10(2)18-13-8-6-5-7-12(13)14/h5-8,11,15,17-18H,4H2,1-3H3. The number of nitrogens with zero attached hydrogens (tertiary/aromatic N) is 1. The predicted octanol–water partition coefficient (Wildman–Crippen LogP) is 3.29. The number of H-pyrrole nitrogens is 1. The topological polar surface area (TPSA) is 51.6 Å². The Balaban J connectivity index is 2.58. The number of aromatic amines is 1. The highest BCUT2D eigenvalue weighted by Gasteiger charge is 2.24. The molecule has 2 aromatic rings. The van der Waals surface area contributed by atoms with Crippen molar-refractivity contribution in [3.05, 3.63) is 35.5 Å². The van der Waals surface area contributed by atoms with Crippen molar-refractivity contribution in [3.8, 4) is 6.07 Å². The zero-order valence-electron chi connectivity index (χ0n) is 11.1. The summed E-state index contributed by atoms with van der Waals surface area (Å²) in [6.07, 6.45) is 0.848. The Morgan fingerprint density at radius 2 is 2.11 bits per heavy atom. The van der Waals surface area contributed by atoms with Crippen LogP contribution in [0.5, 0.6) is 0 Å². The number of rotatable bonds is 4. The second-order valence-electron chi connectivity index (χ2n) is 4.62. The molecule has 94 valence electrons. The van der Waals surface area contributed by atoms with E-state index in [-0.39, 0.29) is 12.0 Å². The van der Waals surface area contributed by atoms with E-state index in [2.05, 4.69) is 42.4 Å². The number of fused-ring (bicyclic) bond motifs is 1. The summed E-state index contributed by atoms with van der Waals surface area (Å²) in [4.78, 5) is 3.40. The van der Waals surface area contributed by atoms with Crippen LogP contribution in [-0.4, -0.2) is 12.0 Å². The van der Waals surface area contributed by atoms with Crippen molar-refractivity contribution in [1.29, 1.82) is 5.26 Å². The highest BCUT2D eigenvalue weighted by atomic mass is 14.9. The van der Waals surface area contributed by atoms with Gasteiger partial charge in [0.1, 0.15) is 0 Å². The van der Waals surface area contributed by atoms with Crippen LogP contribution in [0.25, 0.3) is 10.9 Å². The second kappa shape index (κ2) is 5.24. The summed E-state index contributed by atoms with van der Waals surface area (Å²) in [5.74, 6) is -0.00657. The third-order valence-corrected chi connectivity index (χ3v) is 3.57. The number of hydrogen-bond acceptors (Lipinski definition) is 2. The van der Waals surface area contributed by atoms with Gasteiger partial charge in [0, 0.05) is 16.6 Å². The summed E-state index contributed by atoms with van der Waals surface area (Å²) < 4.78 is 0. The maximum atomic E-state index is 9.29. The highest BCUT2D eigenvalue weighted by Crippen LogP contribution is 2.32. The Bertz CT molecular complexity index is 577. The molecule has 0 aliphatic heterocycles. The average molecular weight is 241 g/mol. The zero-order chi connectivity index (χ0) is 13.1. The maximum absolute atomic E-state index is 9.29. The number of para-hydroxylation sites is 1. The number of hydrogen-bond donors (Lipinski definition) is 2. The van der Waals surface area contributed by atoms with Crippen molar-refractivity contribution < 1.29 is 0 Å². The molecule has 0 amide bonds.